The number of hydrogen-bond donors (Lipinski definition) is 1. The van der Waals surface area contributed by atoms with Crippen LogP contribution in [0, 0.1) is 11.3 Å². The maximum Gasteiger partial charge on any atom is 0.175 e. The molecule has 4 heteroatoms. The van der Waals surface area contributed by atoms with Crippen molar-refractivity contribution in [1.29, 1.82) is 0 Å². The molecule has 1 N–H and O–H groups in total. The van der Waals surface area contributed by atoms with E-state index < -0.39 is 5.41 Å². The van der Waals surface area contributed by atoms with E-state index in [0.717, 1.165) is 23.1 Å². The third-order valence-corrected chi connectivity index (χ3v) is 5.75. The molecule has 21 heavy (non-hydrogen) atoms. The Morgan fingerprint density at radius 3 is 2.86 bits per heavy atom. The van der Waals surface area contributed by atoms with Gasteiger partial charge in [0.25, 0.3) is 0 Å². The van der Waals surface area contributed by atoms with Gasteiger partial charge >= 0.3 is 0 Å². The van der Waals surface area contributed by atoms with E-state index in [9.17, 15) is 14.7 Å². The van der Waals surface area contributed by atoms with Gasteiger partial charge in [-0.15, -0.1) is 0 Å². The van der Waals surface area contributed by atoms with Crippen LogP contribution in [0.3, 0.4) is 0 Å². The molecule has 3 nitrogen and oxygen atoms in total. The fraction of sp³-hybridized carbons (Fsp3) is 0.412. The number of fused-ring (bicyclic) bond motifs is 3. The van der Waals surface area contributed by atoms with E-state index in [2.05, 4.69) is 0 Å². The highest BCUT2D eigenvalue weighted by molar-refractivity contribution is 6.38. The van der Waals surface area contributed by atoms with Crippen LogP contribution in [-0.2, 0) is 4.79 Å². The molecule has 0 radical (unpaired) electrons. The van der Waals surface area contributed by atoms with Crippen LogP contribution in [0.1, 0.15) is 48.5 Å². The van der Waals surface area contributed by atoms with Crippen molar-refractivity contribution in [3.63, 3.8) is 0 Å². The second-order valence-electron chi connectivity index (χ2n) is 6.24. The highest BCUT2D eigenvalue weighted by atomic mass is 35.5. The third kappa shape index (κ3) is 1.35. The summed E-state index contributed by atoms with van der Waals surface area (Å²) < 4.78 is 0. The fourth-order valence-corrected chi connectivity index (χ4v) is 4.73. The van der Waals surface area contributed by atoms with E-state index in [4.69, 9.17) is 11.6 Å². The number of rotatable bonds is 1. The molecule has 2 bridgehead atoms. The van der Waals surface area contributed by atoms with E-state index in [1.165, 1.54) is 6.07 Å². The third-order valence-electron chi connectivity index (χ3n) is 5.37. The minimum Gasteiger partial charge on any atom is -0.506 e. The van der Waals surface area contributed by atoms with E-state index >= 15 is 0 Å². The van der Waals surface area contributed by atoms with Gasteiger partial charge in [-0.05, 0) is 48.5 Å². The molecule has 0 amide bonds. The lowest BCUT2D eigenvalue weighted by atomic mass is 9.70. The van der Waals surface area contributed by atoms with E-state index in [0.29, 0.717) is 24.8 Å². The highest BCUT2D eigenvalue weighted by Crippen LogP contribution is 2.63. The van der Waals surface area contributed by atoms with Gasteiger partial charge in [0.2, 0.25) is 0 Å². The molecular weight excluding hydrogens is 288 g/mol. The molecule has 0 heterocycles. The van der Waals surface area contributed by atoms with Crippen molar-refractivity contribution in [2.75, 3.05) is 0 Å². The van der Waals surface area contributed by atoms with Crippen LogP contribution in [0.4, 0.5) is 0 Å². The Hall–Kier alpha value is -1.61. The molecule has 3 aliphatic carbocycles. The minimum atomic E-state index is -0.566. The normalized spacial score (nSPS) is 29.9. The number of ketones is 2. The molecule has 1 fully saturated rings. The summed E-state index contributed by atoms with van der Waals surface area (Å²) in [5, 5.41) is 9.93. The van der Waals surface area contributed by atoms with Crippen LogP contribution in [0.2, 0.25) is 5.02 Å². The van der Waals surface area contributed by atoms with Crippen molar-refractivity contribution >= 4 is 28.7 Å². The molecular formula is C17H15ClO3. The van der Waals surface area contributed by atoms with Gasteiger partial charge in [-0.3, -0.25) is 9.59 Å². The zero-order valence-corrected chi connectivity index (χ0v) is 12.5. The van der Waals surface area contributed by atoms with Gasteiger partial charge in [-0.2, -0.15) is 0 Å². The summed E-state index contributed by atoms with van der Waals surface area (Å²) in [6.07, 6.45) is 2.73. The lowest BCUT2D eigenvalue weighted by molar-refractivity contribution is -0.119. The van der Waals surface area contributed by atoms with Gasteiger partial charge < -0.3 is 5.11 Å². The van der Waals surface area contributed by atoms with E-state index in [1.54, 1.807) is 6.07 Å². The molecule has 0 saturated heterocycles. The van der Waals surface area contributed by atoms with Crippen molar-refractivity contribution in [1.82, 2.24) is 0 Å². The monoisotopic (exact) mass is 302 g/mol. The number of aromatic hydroxyl groups is 1. The van der Waals surface area contributed by atoms with E-state index in [-0.39, 0.29) is 28.3 Å². The van der Waals surface area contributed by atoms with Crippen molar-refractivity contribution in [2.24, 2.45) is 11.3 Å². The molecule has 1 aromatic rings. The predicted molar refractivity (Wildman–Crippen MR) is 79.4 cm³/mol. The van der Waals surface area contributed by atoms with Crippen LogP contribution in [0.5, 0.6) is 5.75 Å². The van der Waals surface area contributed by atoms with E-state index in [1.807, 2.05) is 6.92 Å². The zero-order valence-electron chi connectivity index (χ0n) is 11.7. The molecule has 0 aliphatic heterocycles. The standard InChI is InChI=1S/C17H15ClO3/c1-2-9-13-10-3-4-11(19)14(18)12(10)16(21)17(13)6-5-8(7-17)15(9)20/h3-4,8,19H,2,5-7H2,1H3/t8-,17+/m1/s1. The highest BCUT2D eigenvalue weighted by Gasteiger charge is 2.59. The lowest BCUT2D eigenvalue weighted by Gasteiger charge is -2.30. The SMILES string of the molecule is CCC1=C2c3ccc(O)c(Cl)c3C(=O)[C@]23CC[C@H](C3)C1=O. The number of carbonyl (C=O) groups excluding carboxylic acids is 2. The Balaban J connectivity index is 2.11. The summed E-state index contributed by atoms with van der Waals surface area (Å²) >= 11 is 6.18. The Morgan fingerprint density at radius 1 is 1.38 bits per heavy atom. The number of halogens is 1. The Morgan fingerprint density at radius 2 is 2.14 bits per heavy atom. The van der Waals surface area contributed by atoms with Gasteiger partial charge in [-0.1, -0.05) is 24.6 Å². The minimum absolute atomic E-state index is 0.00523. The summed E-state index contributed by atoms with van der Waals surface area (Å²) in [5.74, 6) is 0.104. The molecule has 2 atom stereocenters. The number of phenolic OH excluding ortho intramolecular Hbond substituents is 1. The quantitative estimate of drug-likeness (QED) is 0.859. The van der Waals surface area contributed by atoms with Crippen molar-refractivity contribution in [3.8, 4) is 5.75 Å². The number of phenols is 1. The summed E-state index contributed by atoms with van der Waals surface area (Å²) in [6, 6.07) is 3.25. The lowest BCUT2D eigenvalue weighted by Crippen LogP contribution is -2.31. The van der Waals surface area contributed by atoms with Gasteiger partial charge in [0.1, 0.15) is 5.75 Å². The second kappa shape index (κ2) is 3.98. The largest absolute Gasteiger partial charge is 0.506 e. The Bertz CT molecular complexity index is 747. The smallest absolute Gasteiger partial charge is 0.175 e. The first-order chi connectivity index (χ1) is 10.0. The van der Waals surface area contributed by atoms with Crippen molar-refractivity contribution < 1.29 is 14.7 Å². The van der Waals surface area contributed by atoms with Gasteiger partial charge in [0.15, 0.2) is 11.6 Å². The fourth-order valence-electron chi connectivity index (χ4n) is 4.48. The number of allylic oxidation sites excluding steroid dienone is 2. The first-order valence-corrected chi connectivity index (χ1v) is 7.73. The van der Waals surface area contributed by atoms with Gasteiger partial charge in [0, 0.05) is 11.5 Å². The number of Topliss-reactive ketones (excluding diaryl/α,β-unsaturated/α-hetero) is 2. The summed E-state index contributed by atoms with van der Waals surface area (Å²) in [4.78, 5) is 25.6. The van der Waals surface area contributed by atoms with Crippen molar-refractivity contribution in [3.05, 3.63) is 33.9 Å². The molecule has 3 aliphatic rings. The topological polar surface area (TPSA) is 54.4 Å². The maximum absolute atomic E-state index is 13.0. The molecule has 4 rings (SSSR count). The molecule has 1 aromatic carbocycles. The molecule has 0 aromatic heterocycles. The molecule has 0 unspecified atom stereocenters. The van der Waals surface area contributed by atoms with Crippen LogP contribution in [0.25, 0.3) is 5.57 Å². The molecule has 108 valence electrons. The number of carbonyl (C=O) groups is 2. The van der Waals surface area contributed by atoms with Crippen molar-refractivity contribution in [2.45, 2.75) is 32.6 Å². The number of hydrogen-bond acceptors (Lipinski definition) is 3. The van der Waals surface area contributed by atoms with Gasteiger partial charge in [-0.25, -0.2) is 0 Å². The summed E-state index contributed by atoms with van der Waals surface area (Å²) in [7, 11) is 0. The summed E-state index contributed by atoms with van der Waals surface area (Å²) in [5.41, 5.74) is 2.29. The second-order valence-corrected chi connectivity index (χ2v) is 6.62. The van der Waals surface area contributed by atoms with Gasteiger partial charge in [0.05, 0.1) is 10.4 Å². The predicted octanol–water partition coefficient (Wildman–Crippen LogP) is 3.77. The van der Waals surface area contributed by atoms with Crippen LogP contribution in [0.15, 0.2) is 17.7 Å². The summed E-state index contributed by atoms with van der Waals surface area (Å²) in [6.45, 7) is 1.96. The van der Waals surface area contributed by atoms with Crippen LogP contribution >= 0.6 is 11.6 Å². The number of benzene rings is 1. The average molecular weight is 303 g/mol. The van der Waals surface area contributed by atoms with Crippen LogP contribution in [-0.4, -0.2) is 16.7 Å². The first kappa shape index (κ1) is 13.1. The maximum atomic E-state index is 13.0. The molecule has 1 saturated carbocycles. The Kier molecular flexibility index (Phi) is 2.48. The average Bonchev–Trinajstić information content (AvgIpc) is 2.98. The molecule has 1 spiro atoms. The first-order valence-electron chi connectivity index (χ1n) is 7.35. The van der Waals surface area contributed by atoms with Crippen LogP contribution < -0.4 is 0 Å². The zero-order chi connectivity index (χ0) is 14.9. The Labute approximate surface area is 127 Å².